The molecule has 2 heterocycles. The largest absolute Gasteiger partial charge is 0.508 e. The van der Waals surface area contributed by atoms with E-state index in [1.54, 1.807) is 43.6 Å². The second-order valence-electron chi connectivity index (χ2n) is 9.64. The Labute approximate surface area is 226 Å². The van der Waals surface area contributed by atoms with Crippen LogP contribution in [0, 0.1) is 6.92 Å². The van der Waals surface area contributed by atoms with Crippen molar-refractivity contribution in [3.8, 4) is 5.75 Å². The Morgan fingerprint density at radius 1 is 1.05 bits per heavy atom. The van der Waals surface area contributed by atoms with Crippen LogP contribution < -0.4 is 10.6 Å². The maximum Gasteiger partial charge on any atom is 0.254 e. The molecule has 1 saturated heterocycles. The predicted molar refractivity (Wildman–Crippen MR) is 142 cm³/mol. The summed E-state index contributed by atoms with van der Waals surface area (Å²) in [5, 5.41) is 37.1. The van der Waals surface area contributed by atoms with Crippen molar-refractivity contribution in [1.29, 1.82) is 0 Å². The van der Waals surface area contributed by atoms with Crippen molar-refractivity contribution in [2.75, 3.05) is 6.54 Å². The number of phenolic OH excluding ortho intramolecular Hbond substituents is 1. The molecule has 4 rings (SSSR count). The Morgan fingerprint density at radius 2 is 1.79 bits per heavy atom. The Kier molecular flexibility index (Phi) is 8.90. The summed E-state index contributed by atoms with van der Waals surface area (Å²) in [7, 11) is 0. The number of nitrogens with one attached hydrogen (secondary N) is 2. The van der Waals surface area contributed by atoms with Crippen molar-refractivity contribution in [2.45, 2.75) is 50.6 Å². The summed E-state index contributed by atoms with van der Waals surface area (Å²) >= 11 is 0. The van der Waals surface area contributed by atoms with E-state index in [2.05, 4.69) is 15.6 Å². The molecule has 0 saturated carbocycles. The van der Waals surface area contributed by atoms with Crippen LogP contribution in [-0.4, -0.2) is 73.8 Å². The highest BCUT2D eigenvalue weighted by atomic mass is 16.3. The quantitative estimate of drug-likeness (QED) is 0.277. The second kappa shape index (κ2) is 12.5. The minimum absolute atomic E-state index is 0.0233. The van der Waals surface area contributed by atoms with Gasteiger partial charge in [-0.1, -0.05) is 42.5 Å². The molecule has 2 aromatic carbocycles. The lowest BCUT2D eigenvalue weighted by atomic mass is 9.98. The number of likely N-dealkylation sites (tertiary alicyclic amines) is 1. The van der Waals surface area contributed by atoms with Gasteiger partial charge in [0.2, 0.25) is 5.91 Å². The number of aromatic nitrogens is 1. The molecule has 10 heteroatoms. The van der Waals surface area contributed by atoms with Gasteiger partial charge in [-0.2, -0.15) is 0 Å². The fraction of sp³-hybridized carbons (Fsp3) is 0.310. The van der Waals surface area contributed by atoms with Crippen LogP contribution in [0.3, 0.4) is 0 Å². The SMILES string of the molecule is Cc1c(O)cccc1C(=O)N[C@@H](Cc1ccccc1)[C@H](O)C(=O)N1C[C@H](O)C[C@H]1C(=O)NCc1cccnc1. The maximum absolute atomic E-state index is 13.5. The average Bonchev–Trinajstić information content (AvgIpc) is 3.34. The van der Waals surface area contributed by atoms with Gasteiger partial charge in [-0.25, -0.2) is 0 Å². The molecule has 1 aliphatic heterocycles. The first-order valence-corrected chi connectivity index (χ1v) is 12.7. The molecule has 3 aromatic rings. The molecule has 1 aromatic heterocycles. The molecule has 0 aliphatic carbocycles. The van der Waals surface area contributed by atoms with Crippen molar-refractivity contribution in [1.82, 2.24) is 20.5 Å². The van der Waals surface area contributed by atoms with E-state index in [0.29, 0.717) is 5.56 Å². The van der Waals surface area contributed by atoms with E-state index < -0.39 is 42.0 Å². The van der Waals surface area contributed by atoms with Gasteiger partial charge >= 0.3 is 0 Å². The molecule has 1 fully saturated rings. The molecule has 204 valence electrons. The van der Waals surface area contributed by atoms with Gasteiger partial charge in [-0.05, 0) is 42.7 Å². The summed E-state index contributed by atoms with van der Waals surface area (Å²) in [6, 6.07) is 15.1. The monoisotopic (exact) mass is 532 g/mol. The minimum Gasteiger partial charge on any atom is -0.508 e. The fourth-order valence-electron chi connectivity index (χ4n) is 4.68. The molecule has 0 bridgehead atoms. The lowest BCUT2D eigenvalue weighted by molar-refractivity contribution is -0.146. The topological polar surface area (TPSA) is 152 Å². The number of aromatic hydroxyl groups is 1. The van der Waals surface area contributed by atoms with Crippen molar-refractivity contribution in [2.24, 2.45) is 0 Å². The Hall–Kier alpha value is -4.28. The molecule has 0 spiro atoms. The molecule has 0 radical (unpaired) electrons. The highest BCUT2D eigenvalue weighted by Crippen LogP contribution is 2.23. The lowest BCUT2D eigenvalue weighted by Gasteiger charge is -2.30. The summed E-state index contributed by atoms with van der Waals surface area (Å²) in [4.78, 5) is 44.8. The summed E-state index contributed by atoms with van der Waals surface area (Å²) in [5.41, 5.74) is 2.11. The first kappa shape index (κ1) is 27.7. The Balaban J connectivity index is 1.52. The standard InChI is InChI=1S/C29H32N4O6/c1-18-22(10-5-11-25(18)35)27(37)32-23(13-19-7-3-2-4-8-19)26(36)29(39)33-17-21(34)14-24(33)28(38)31-16-20-9-6-12-30-15-20/h2-12,15,21,23-24,26,34-36H,13-14,16-17H2,1H3,(H,31,38)(H,32,37)/t21-,23+,24+,26+/m1/s1. The number of carbonyl (C=O) groups is 3. The van der Waals surface area contributed by atoms with E-state index in [0.717, 1.165) is 16.0 Å². The first-order chi connectivity index (χ1) is 18.7. The normalized spacial score (nSPS) is 18.3. The molecule has 5 N–H and O–H groups in total. The van der Waals surface area contributed by atoms with Crippen LogP contribution >= 0.6 is 0 Å². The summed E-state index contributed by atoms with van der Waals surface area (Å²) < 4.78 is 0. The minimum atomic E-state index is -1.70. The zero-order chi connectivity index (χ0) is 27.9. The van der Waals surface area contributed by atoms with Crippen LogP contribution in [0.5, 0.6) is 5.75 Å². The van der Waals surface area contributed by atoms with Gasteiger partial charge in [0.1, 0.15) is 11.8 Å². The summed E-state index contributed by atoms with van der Waals surface area (Å²) in [6.45, 7) is 1.66. The third kappa shape index (κ3) is 6.78. The zero-order valence-corrected chi connectivity index (χ0v) is 21.5. The highest BCUT2D eigenvalue weighted by Gasteiger charge is 2.42. The summed E-state index contributed by atoms with van der Waals surface area (Å²) in [6.07, 6.45) is 0.744. The van der Waals surface area contributed by atoms with Crippen LogP contribution in [0.15, 0.2) is 73.1 Å². The van der Waals surface area contributed by atoms with Crippen molar-refractivity contribution < 1.29 is 29.7 Å². The second-order valence-corrected chi connectivity index (χ2v) is 9.64. The molecule has 3 amide bonds. The van der Waals surface area contributed by atoms with Gasteiger partial charge in [-0.3, -0.25) is 19.4 Å². The van der Waals surface area contributed by atoms with Gasteiger partial charge < -0.3 is 30.9 Å². The van der Waals surface area contributed by atoms with E-state index in [1.807, 2.05) is 18.2 Å². The summed E-state index contributed by atoms with van der Waals surface area (Å²) in [5.74, 6) is -1.86. The number of aliphatic hydroxyl groups is 2. The third-order valence-electron chi connectivity index (χ3n) is 6.85. The molecule has 0 unspecified atom stereocenters. The van der Waals surface area contributed by atoms with Gasteiger partial charge in [-0.15, -0.1) is 0 Å². The van der Waals surface area contributed by atoms with Gasteiger partial charge in [0.25, 0.3) is 11.8 Å². The van der Waals surface area contributed by atoms with Gasteiger partial charge in [0.15, 0.2) is 6.10 Å². The smallest absolute Gasteiger partial charge is 0.254 e. The van der Waals surface area contributed by atoms with E-state index in [4.69, 9.17) is 0 Å². The van der Waals surface area contributed by atoms with E-state index >= 15 is 0 Å². The van der Waals surface area contributed by atoms with Crippen LogP contribution in [0.4, 0.5) is 0 Å². The number of phenols is 1. The molecular weight excluding hydrogens is 500 g/mol. The van der Waals surface area contributed by atoms with Crippen molar-refractivity contribution in [3.63, 3.8) is 0 Å². The van der Waals surface area contributed by atoms with Crippen molar-refractivity contribution in [3.05, 3.63) is 95.3 Å². The number of benzene rings is 2. The Morgan fingerprint density at radius 3 is 2.51 bits per heavy atom. The van der Waals surface area contributed by atoms with E-state index in [-0.39, 0.29) is 37.2 Å². The lowest BCUT2D eigenvalue weighted by Crippen LogP contribution is -2.55. The van der Waals surface area contributed by atoms with Crippen molar-refractivity contribution >= 4 is 17.7 Å². The number of nitrogens with zero attached hydrogens (tertiary/aromatic N) is 2. The van der Waals surface area contributed by atoms with Gasteiger partial charge in [0, 0.05) is 43.0 Å². The van der Waals surface area contributed by atoms with Crippen LogP contribution in [0.25, 0.3) is 0 Å². The third-order valence-corrected chi connectivity index (χ3v) is 6.85. The number of aliphatic hydroxyl groups excluding tert-OH is 2. The van der Waals surface area contributed by atoms with Crippen LogP contribution in [0.2, 0.25) is 0 Å². The number of amides is 3. The first-order valence-electron chi connectivity index (χ1n) is 12.7. The number of pyridine rings is 1. The molecule has 1 aliphatic rings. The molecule has 10 nitrogen and oxygen atoms in total. The highest BCUT2D eigenvalue weighted by molar-refractivity contribution is 5.97. The van der Waals surface area contributed by atoms with Crippen LogP contribution in [0.1, 0.15) is 33.5 Å². The fourth-order valence-corrected chi connectivity index (χ4v) is 4.68. The van der Waals surface area contributed by atoms with Gasteiger partial charge in [0.05, 0.1) is 12.1 Å². The van der Waals surface area contributed by atoms with E-state index in [9.17, 15) is 29.7 Å². The number of rotatable bonds is 9. The average molecular weight is 533 g/mol. The number of hydrogen-bond acceptors (Lipinski definition) is 7. The molecular formula is C29H32N4O6. The Bertz CT molecular complexity index is 1300. The van der Waals surface area contributed by atoms with E-state index in [1.165, 1.54) is 18.2 Å². The predicted octanol–water partition coefficient (Wildman–Crippen LogP) is 1.08. The number of hydrogen-bond donors (Lipinski definition) is 5. The number of β-amino-alcohol motifs (C(OH)–C–C–N with tert-alkyl or cyclic N) is 1. The molecule has 4 atom stereocenters. The zero-order valence-electron chi connectivity index (χ0n) is 21.5. The number of carbonyl (C=O) groups excluding carboxylic acids is 3. The maximum atomic E-state index is 13.5. The molecule has 39 heavy (non-hydrogen) atoms. The van der Waals surface area contributed by atoms with Crippen LogP contribution in [-0.2, 0) is 22.6 Å².